The minimum atomic E-state index is 0.0682. The molecule has 5 nitrogen and oxygen atoms in total. The number of thiophene rings is 1. The van der Waals surface area contributed by atoms with Gasteiger partial charge in [-0.2, -0.15) is 0 Å². The van der Waals surface area contributed by atoms with Crippen molar-refractivity contribution in [1.82, 2.24) is 4.90 Å². The molecule has 1 N–H and O–H groups in total. The molecule has 1 aliphatic rings. The summed E-state index contributed by atoms with van der Waals surface area (Å²) in [6, 6.07) is 11.8. The van der Waals surface area contributed by atoms with Gasteiger partial charge in [-0.1, -0.05) is 19.9 Å². The summed E-state index contributed by atoms with van der Waals surface area (Å²) >= 11 is 1.49. The Balaban J connectivity index is 1.54. The standard InChI is InChI=1S/C21H27N3O2S/c1-3-16(4-2)20(25)22-17-7-9-18(10-8-17)23-11-13-24(14-12-23)21(26)19-6-5-15-27-19/h5-10,15-16H,3-4,11-14H2,1-2H3,(H,22,25). The average Bonchev–Trinajstić information content (AvgIpc) is 3.24. The highest BCUT2D eigenvalue weighted by atomic mass is 32.1. The van der Waals surface area contributed by atoms with Crippen molar-refractivity contribution in [1.29, 1.82) is 0 Å². The van der Waals surface area contributed by atoms with Crippen LogP contribution < -0.4 is 10.2 Å². The number of amides is 2. The van der Waals surface area contributed by atoms with Crippen molar-refractivity contribution < 1.29 is 9.59 Å². The Hall–Kier alpha value is -2.34. The van der Waals surface area contributed by atoms with Crippen LogP contribution in [0.3, 0.4) is 0 Å². The fraction of sp³-hybridized carbons (Fsp3) is 0.429. The molecular formula is C21H27N3O2S. The van der Waals surface area contributed by atoms with Gasteiger partial charge in [-0.05, 0) is 48.6 Å². The van der Waals surface area contributed by atoms with Gasteiger partial charge in [0.25, 0.3) is 5.91 Å². The summed E-state index contributed by atoms with van der Waals surface area (Å²) in [5.74, 6) is 0.288. The molecule has 1 saturated heterocycles. The number of hydrogen-bond acceptors (Lipinski definition) is 4. The number of nitrogens with one attached hydrogen (secondary N) is 1. The molecule has 1 aromatic heterocycles. The number of piperazine rings is 1. The number of benzene rings is 1. The first-order chi connectivity index (χ1) is 13.1. The lowest BCUT2D eigenvalue weighted by Gasteiger charge is -2.36. The van der Waals surface area contributed by atoms with Gasteiger partial charge in [0, 0.05) is 43.5 Å². The molecule has 2 aromatic rings. The lowest BCUT2D eigenvalue weighted by Crippen LogP contribution is -2.48. The number of carbonyl (C=O) groups excluding carboxylic acids is 2. The number of hydrogen-bond donors (Lipinski definition) is 1. The summed E-state index contributed by atoms with van der Waals surface area (Å²) in [6.07, 6.45) is 1.71. The van der Waals surface area contributed by atoms with Crippen LogP contribution in [0.2, 0.25) is 0 Å². The van der Waals surface area contributed by atoms with Crippen LogP contribution >= 0.6 is 11.3 Å². The highest BCUT2D eigenvalue weighted by molar-refractivity contribution is 7.12. The zero-order valence-corrected chi connectivity index (χ0v) is 16.8. The molecule has 1 fully saturated rings. The fourth-order valence-corrected chi connectivity index (χ4v) is 4.07. The van der Waals surface area contributed by atoms with Crippen LogP contribution in [0.25, 0.3) is 0 Å². The molecule has 144 valence electrons. The van der Waals surface area contributed by atoms with E-state index in [0.717, 1.165) is 55.3 Å². The van der Waals surface area contributed by atoms with Crippen LogP contribution in [-0.2, 0) is 4.79 Å². The predicted octanol–water partition coefficient (Wildman–Crippen LogP) is 4.09. The number of anilines is 2. The molecule has 0 unspecified atom stereocenters. The van der Waals surface area contributed by atoms with Gasteiger partial charge >= 0.3 is 0 Å². The third-order valence-electron chi connectivity index (χ3n) is 5.16. The third kappa shape index (κ3) is 4.69. The van der Waals surface area contributed by atoms with E-state index in [1.807, 2.05) is 60.5 Å². The lowest BCUT2D eigenvalue weighted by molar-refractivity contribution is -0.120. The van der Waals surface area contributed by atoms with Crippen LogP contribution in [0.1, 0.15) is 36.4 Å². The topological polar surface area (TPSA) is 52.7 Å². The van der Waals surface area contributed by atoms with Crippen molar-refractivity contribution in [2.45, 2.75) is 26.7 Å². The van der Waals surface area contributed by atoms with Gasteiger partial charge < -0.3 is 15.1 Å². The van der Waals surface area contributed by atoms with Crippen LogP contribution in [0, 0.1) is 5.92 Å². The normalized spacial score (nSPS) is 14.5. The highest BCUT2D eigenvalue weighted by Gasteiger charge is 2.23. The number of nitrogens with zero attached hydrogens (tertiary/aromatic N) is 2. The van der Waals surface area contributed by atoms with Crippen LogP contribution in [-0.4, -0.2) is 42.9 Å². The predicted molar refractivity (Wildman–Crippen MR) is 112 cm³/mol. The molecule has 0 saturated carbocycles. The molecule has 0 radical (unpaired) electrons. The molecule has 0 atom stereocenters. The molecule has 6 heteroatoms. The van der Waals surface area contributed by atoms with Gasteiger partial charge in [-0.3, -0.25) is 9.59 Å². The minimum Gasteiger partial charge on any atom is -0.368 e. The fourth-order valence-electron chi connectivity index (χ4n) is 3.38. The smallest absolute Gasteiger partial charge is 0.264 e. The molecule has 3 rings (SSSR count). The van der Waals surface area contributed by atoms with E-state index in [1.165, 1.54) is 11.3 Å². The van der Waals surface area contributed by atoms with Crippen LogP contribution in [0.5, 0.6) is 0 Å². The third-order valence-corrected chi connectivity index (χ3v) is 6.01. The van der Waals surface area contributed by atoms with Crippen molar-refractivity contribution in [3.8, 4) is 0 Å². The Kier molecular flexibility index (Phi) is 6.50. The second-order valence-corrected chi connectivity index (χ2v) is 7.75. The van der Waals surface area contributed by atoms with Gasteiger partial charge in [0.1, 0.15) is 0 Å². The first-order valence-corrected chi connectivity index (χ1v) is 10.5. The van der Waals surface area contributed by atoms with Crippen molar-refractivity contribution in [3.63, 3.8) is 0 Å². The summed E-state index contributed by atoms with van der Waals surface area (Å²) in [4.78, 5) is 29.6. The Morgan fingerprint density at radius 2 is 1.70 bits per heavy atom. The van der Waals surface area contributed by atoms with Crippen molar-refractivity contribution in [3.05, 3.63) is 46.7 Å². The molecule has 0 aliphatic carbocycles. The maximum Gasteiger partial charge on any atom is 0.264 e. The van der Waals surface area contributed by atoms with Crippen molar-refractivity contribution in [2.24, 2.45) is 5.92 Å². The Labute approximate surface area is 165 Å². The van der Waals surface area contributed by atoms with Crippen molar-refractivity contribution >= 4 is 34.5 Å². The van der Waals surface area contributed by atoms with E-state index in [9.17, 15) is 9.59 Å². The molecule has 0 spiro atoms. The summed E-state index contributed by atoms with van der Waals surface area (Å²) in [6.45, 7) is 7.17. The molecule has 1 aromatic carbocycles. The quantitative estimate of drug-likeness (QED) is 0.815. The van der Waals surface area contributed by atoms with Gasteiger partial charge in [0.05, 0.1) is 4.88 Å². The van der Waals surface area contributed by atoms with Gasteiger partial charge in [-0.15, -0.1) is 11.3 Å². The van der Waals surface area contributed by atoms with Crippen molar-refractivity contribution in [2.75, 3.05) is 36.4 Å². The van der Waals surface area contributed by atoms with Crippen LogP contribution in [0.4, 0.5) is 11.4 Å². The van der Waals surface area contributed by atoms with Gasteiger partial charge in [-0.25, -0.2) is 0 Å². The highest BCUT2D eigenvalue weighted by Crippen LogP contribution is 2.22. The molecule has 2 heterocycles. The molecular weight excluding hydrogens is 358 g/mol. The molecule has 0 bridgehead atoms. The van der Waals surface area contributed by atoms with E-state index in [-0.39, 0.29) is 17.7 Å². The maximum atomic E-state index is 12.4. The Morgan fingerprint density at radius 3 is 2.26 bits per heavy atom. The summed E-state index contributed by atoms with van der Waals surface area (Å²) < 4.78 is 0. The number of rotatable bonds is 6. The molecule has 2 amide bonds. The van der Waals surface area contributed by atoms with Crippen LogP contribution in [0.15, 0.2) is 41.8 Å². The zero-order valence-electron chi connectivity index (χ0n) is 16.0. The SMILES string of the molecule is CCC(CC)C(=O)Nc1ccc(N2CCN(C(=O)c3cccs3)CC2)cc1. The van der Waals surface area contributed by atoms with E-state index in [4.69, 9.17) is 0 Å². The summed E-state index contributed by atoms with van der Waals surface area (Å²) in [7, 11) is 0. The van der Waals surface area contributed by atoms with E-state index in [2.05, 4.69) is 10.2 Å². The number of carbonyl (C=O) groups is 2. The second kappa shape index (κ2) is 9.04. The monoisotopic (exact) mass is 385 g/mol. The Morgan fingerprint density at radius 1 is 1.04 bits per heavy atom. The van der Waals surface area contributed by atoms with E-state index >= 15 is 0 Å². The second-order valence-electron chi connectivity index (χ2n) is 6.81. The lowest BCUT2D eigenvalue weighted by atomic mass is 10.0. The minimum absolute atomic E-state index is 0.0682. The zero-order chi connectivity index (χ0) is 19.2. The maximum absolute atomic E-state index is 12.4. The molecule has 1 aliphatic heterocycles. The largest absolute Gasteiger partial charge is 0.368 e. The van der Waals surface area contributed by atoms with Gasteiger partial charge in [0.2, 0.25) is 5.91 Å². The van der Waals surface area contributed by atoms with E-state index in [1.54, 1.807) is 0 Å². The average molecular weight is 386 g/mol. The molecule has 27 heavy (non-hydrogen) atoms. The Bertz CT molecular complexity index is 746. The van der Waals surface area contributed by atoms with E-state index < -0.39 is 0 Å². The van der Waals surface area contributed by atoms with Gasteiger partial charge in [0.15, 0.2) is 0 Å². The summed E-state index contributed by atoms with van der Waals surface area (Å²) in [5.41, 5.74) is 1.96. The van der Waals surface area contributed by atoms with E-state index in [0.29, 0.717) is 0 Å². The summed E-state index contributed by atoms with van der Waals surface area (Å²) in [5, 5.41) is 4.94. The first-order valence-electron chi connectivity index (χ1n) is 9.61. The first kappa shape index (κ1) is 19.4.